The molecule has 23 heavy (non-hydrogen) atoms. The molecule has 0 unspecified atom stereocenters. The Bertz CT molecular complexity index is 577. The summed E-state index contributed by atoms with van der Waals surface area (Å²) in [5, 5.41) is 12.5. The summed E-state index contributed by atoms with van der Waals surface area (Å²) in [6, 6.07) is 7.73. The van der Waals surface area contributed by atoms with Crippen LogP contribution in [0.25, 0.3) is 6.08 Å². The number of aliphatic hydroxyl groups excluding tert-OH is 1. The minimum Gasteiger partial charge on any atom is -0.488 e. The van der Waals surface area contributed by atoms with Gasteiger partial charge in [-0.15, -0.1) is 0 Å². The van der Waals surface area contributed by atoms with E-state index in [1.807, 2.05) is 30.3 Å². The first-order valence-corrected chi connectivity index (χ1v) is 8.33. The van der Waals surface area contributed by atoms with Crippen LogP contribution >= 0.6 is 0 Å². The molecule has 0 bridgehead atoms. The monoisotopic (exact) mass is 316 g/mol. The fraction of sp³-hybridized carbons (Fsp3) is 0.500. The molecule has 2 heterocycles. The third-order valence-corrected chi connectivity index (χ3v) is 4.42. The third kappa shape index (κ3) is 4.33. The second-order valence-corrected chi connectivity index (χ2v) is 6.18. The quantitative estimate of drug-likeness (QED) is 0.807. The van der Waals surface area contributed by atoms with Crippen LogP contribution in [0.3, 0.4) is 0 Å². The smallest absolute Gasteiger partial charge is 0.250 e. The van der Waals surface area contributed by atoms with Gasteiger partial charge in [-0.2, -0.15) is 0 Å². The van der Waals surface area contributed by atoms with Crippen molar-refractivity contribution in [3.8, 4) is 5.75 Å². The lowest BCUT2D eigenvalue weighted by molar-refractivity contribution is -0.117. The number of nitrogens with one attached hydrogen (secondary N) is 1. The number of para-hydroxylation sites is 1. The largest absolute Gasteiger partial charge is 0.488 e. The predicted molar refractivity (Wildman–Crippen MR) is 89.2 cm³/mol. The molecule has 1 amide bonds. The molecule has 2 aliphatic rings. The number of ether oxygens (including phenoxy) is 1. The number of aliphatic hydroxyl groups is 1. The van der Waals surface area contributed by atoms with E-state index in [0.29, 0.717) is 18.7 Å². The van der Waals surface area contributed by atoms with Crippen molar-refractivity contribution in [1.82, 2.24) is 10.2 Å². The number of hydrogen-bond donors (Lipinski definition) is 2. The molecule has 0 aromatic heterocycles. The van der Waals surface area contributed by atoms with E-state index in [1.54, 1.807) is 0 Å². The van der Waals surface area contributed by atoms with Crippen molar-refractivity contribution >= 4 is 12.0 Å². The van der Waals surface area contributed by atoms with Crippen LogP contribution in [-0.2, 0) is 4.79 Å². The lowest BCUT2D eigenvalue weighted by Crippen LogP contribution is -2.38. The molecule has 5 heteroatoms. The zero-order chi connectivity index (χ0) is 16.1. The van der Waals surface area contributed by atoms with Gasteiger partial charge in [0.1, 0.15) is 12.4 Å². The van der Waals surface area contributed by atoms with Crippen LogP contribution in [0.4, 0.5) is 0 Å². The highest BCUT2D eigenvalue weighted by atomic mass is 16.5. The molecule has 1 aromatic carbocycles. The van der Waals surface area contributed by atoms with Crippen LogP contribution in [0, 0.1) is 0 Å². The second-order valence-electron chi connectivity index (χ2n) is 6.18. The SMILES string of the molecule is O=C(NCCCN1CCC(O)CC1)C1=Cc2ccccc2OC1. The predicted octanol–water partition coefficient (Wildman–Crippen LogP) is 1.43. The van der Waals surface area contributed by atoms with E-state index in [1.165, 1.54) is 0 Å². The summed E-state index contributed by atoms with van der Waals surface area (Å²) in [5.41, 5.74) is 1.63. The van der Waals surface area contributed by atoms with Crippen molar-refractivity contribution in [2.24, 2.45) is 0 Å². The number of amides is 1. The van der Waals surface area contributed by atoms with Gasteiger partial charge in [-0.05, 0) is 37.9 Å². The molecule has 1 fully saturated rings. The molecule has 124 valence electrons. The number of rotatable bonds is 5. The van der Waals surface area contributed by atoms with Crippen molar-refractivity contribution in [3.63, 3.8) is 0 Å². The van der Waals surface area contributed by atoms with Gasteiger partial charge in [0.15, 0.2) is 0 Å². The summed E-state index contributed by atoms with van der Waals surface area (Å²) in [6.45, 7) is 3.85. The maximum absolute atomic E-state index is 12.2. The number of fused-ring (bicyclic) bond motifs is 1. The van der Waals surface area contributed by atoms with E-state index in [2.05, 4.69) is 10.2 Å². The Balaban J connectivity index is 1.41. The van der Waals surface area contributed by atoms with Gasteiger partial charge in [0, 0.05) is 25.2 Å². The lowest BCUT2D eigenvalue weighted by Gasteiger charge is -2.29. The molecule has 0 aliphatic carbocycles. The molecule has 2 N–H and O–H groups in total. The molecule has 0 atom stereocenters. The highest BCUT2D eigenvalue weighted by molar-refractivity contribution is 5.99. The number of hydrogen-bond acceptors (Lipinski definition) is 4. The maximum Gasteiger partial charge on any atom is 0.250 e. The van der Waals surface area contributed by atoms with E-state index in [0.717, 1.165) is 50.2 Å². The standard InChI is InChI=1S/C18H24N2O3/c21-16-6-10-20(11-7-16)9-3-8-19-18(22)15-12-14-4-1-2-5-17(14)23-13-15/h1-2,4-5,12,16,21H,3,6-11,13H2,(H,19,22). The average molecular weight is 316 g/mol. The summed E-state index contributed by atoms with van der Waals surface area (Å²) in [4.78, 5) is 14.5. The van der Waals surface area contributed by atoms with Gasteiger partial charge < -0.3 is 20.1 Å². The third-order valence-electron chi connectivity index (χ3n) is 4.42. The van der Waals surface area contributed by atoms with Crippen molar-refractivity contribution in [2.75, 3.05) is 32.8 Å². The Hall–Kier alpha value is -1.85. The van der Waals surface area contributed by atoms with Gasteiger partial charge in [0.05, 0.1) is 11.7 Å². The Morgan fingerprint density at radius 3 is 2.91 bits per heavy atom. The molecule has 5 nitrogen and oxygen atoms in total. The number of benzene rings is 1. The molecular weight excluding hydrogens is 292 g/mol. The summed E-state index contributed by atoms with van der Waals surface area (Å²) in [7, 11) is 0. The highest BCUT2D eigenvalue weighted by Gasteiger charge is 2.18. The lowest BCUT2D eigenvalue weighted by atomic mass is 10.1. The van der Waals surface area contributed by atoms with Gasteiger partial charge in [0.2, 0.25) is 0 Å². The van der Waals surface area contributed by atoms with Gasteiger partial charge in [-0.1, -0.05) is 18.2 Å². The van der Waals surface area contributed by atoms with Crippen molar-refractivity contribution < 1.29 is 14.6 Å². The Kier molecular flexibility index (Phi) is 5.31. The number of carbonyl (C=O) groups excluding carboxylic acids is 1. The minimum absolute atomic E-state index is 0.0476. The summed E-state index contributed by atoms with van der Waals surface area (Å²) < 4.78 is 5.61. The summed E-state index contributed by atoms with van der Waals surface area (Å²) >= 11 is 0. The van der Waals surface area contributed by atoms with Crippen molar-refractivity contribution in [3.05, 3.63) is 35.4 Å². The van der Waals surface area contributed by atoms with Crippen LogP contribution in [0.5, 0.6) is 5.75 Å². The molecule has 0 saturated carbocycles. The summed E-state index contributed by atoms with van der Waals surface area (Å²) in [5.74, 6) is 0.782. The number of nitrogens with zero attached hydrogens (tertiary/aromatic N) is 1. The van der Waals surface area contributed by atoms with Gasteiger partial charge in [-0.25, -0.2) is 0 Å². The average Bonchev–Trinajstić information content (AvgIpc) is 2.59. The van der Waals surface area contributed by atoms with Crippen LogP contribution in [-0.4, -0.2) is 54.8 Å². The first-order valence-electron chi connectivity index (χ1n) is 8.33. The van der Waals surface area contributed by atoms with Crippen LogP contribution in [0.2, 0.25) is 0 Å². The molecule has 1 saturated heterocycles. The number of carbonyl (C=O) groups is 1. The number of likely N-dealkylation sites (tertiary alicyclic amines) is 1. The molecular formula is C18H24N2O3. The molecule has 0 spiro atoms. The summed E-state index contributed by atoms with van der Waals surface area (Å²) in [6.07, 6.45) is 4.41. The highest BCUT2D eigenvalue weighted by Crippen LogP contribution is 2.25. The molecule has 3 rings (SSSR count). The first-order chi connectivity index (χ1) is 11.2. The van der Waals surface area contributed by atoms with Gasteiger partial charge >= 0.3 is 0 Å². The van der Waals surface area contributed by atoms with Crippen molar-refractivity contribution in [2.45, 2.75) is 25.4 Å². The molecule has 2 aliphatic heterocycles. The number of piperidine rings is 1. The first kappa shape index (κ1) is 16.0. The van der Waals surface area contributed by atoms with E-state index in [9.17, 15) is 9.90 Å². The molecule has 0 radical (unpaired) electrons. The van der Waals surface area contributed by atoms with E-state index < -0.39 is 0 Å². The Labute approximate surface area is 136 Å². The van der Waals surface area contributed by atoms with Gasteiger partial charge in [-0.3, -0.25) is 4.79 Å². The minimum atomic E-state index is -0.132. The van der Waals surface area contributed by atoms with Crippen LogP contribution in [0.1, 0.15) is 24.8 Å². The van der Waals surface area contributed by atoms with Crippen LogP contribution < -0.4 is 10.1 Å². The Morgan fingerprint density at radius 1 is 1.30 bits per heavy atom. The Morgan fingerprint density at radius 2 is 2.09 bits per heavy atom. The normalized spacial score (nSPS) is 18.7. The van der Waals surface area contributed by atoms with E-state index in [-0.39, 0.29) is 12.0 Å². The fourth-order valence-electron chi connectivity index (χ4n) is 3.01. The molecule has 1 aromatic rings. The zero-order valence-corrected chi connectivity index (χ0v) is 13.3. The second kappa shape index (κ2) is 7.62. The van der Waals surface area contributed by atoms with Crippen LogP contribution in [0.15, 0.2) is 29.8 Å². The zero-order valence-electron chi connectivity index (χ0n) is 13.3. The van der Waals surface area contributed by atoms with Crippen molar-refractivity contribution in [1.29, 1.82) is 0 Å². The van der Waals surface area contributed by atoms with E-state index in [4.69, 9.17) is 4.74 Å². The van der Waals surface area contributed by atoms with Gasteiger partial charge in [0.25, 0.3) is 5.91 Å². The topological polar surface area (TPSA) is 61.8 Å². The fourth-order valence-corrected chi connectivity index (χ4v) is 3.01. The van der Waals surface area contributed by atoms with E-state index >= 15 is 0 Å². The maximum atomic E-state index is 12.2.